The van der Waals surface area contributed by atoms with Gasteiger partial charge >= 0.3 is 0 Å². The first-order chi connectivity index (χ1) is 12.1. The van der Waals surface area contributed by atoms with Gasteiger partial charge in [-0.05, 0) is 75.6 Å². The highest BCUT2D eigenvalue weighted by Gasteiger charge is 2.30. The number of nitrogens with zero attached hydrogens (tertiary/aromatic N) is 3. The van der Waals surface area contributed by atoms with Crippen LogP contribution in [0.4, 0.5) is 11.9 Å². The van der Waals surface area contributed by atoms with E-state index in [4.69, 9.17) is 11.6 Å². The summed E-state index contributed by atoms with van der Waals surface area (Å²) in [6, 6.07) is 8.38. The minimum absolute atomic E-state index is 0.383. The average Bonchev–Trinajstić information content (AvgIpc) is 3.48. The number of aromatic nitrogens is 3. The zero-order valence-electron chi connectivity index (χ0n) is 14.7. The highest BCUT2D eigenvalue weighted by Crippen LogP contribution is 2.35. The van der Waals surface area contributed by atoms with Gasteiger partial charge in [0, 0.05) is 22.7 Å². The number of benzene rings is 1. The van der Waals surface area contributed by atoms with Crippen molar-refractivity contribution < 1.29 is 0 Å². The summed E-state index contributed by atoms with van der Waals surface area (Å²) in [7, 11) is 0. The van der Waals surface area contributed by atoms with Crippen LogP contribution >= 0.6 is 11.6 Å². The van der Waals surface area contributed by atoms with Crippen LogP contribution in [0.25, 0.3) is 11.4 Å². The van der Waals surface area contributed by atoms with Gasteiger partial charge in [0.1, 0.15) is 0 Å². The SMILES string of the molecule is C[C@@H](Nc1nc(N[C@H](C)C2CC2)nc(-c2ccc(Cl)cc2)n1)C1CC1. The van der Waals surface area contributed by atoms with Crippen molar-refractivity contribution in [2.24, 2.45) is 11.8 Å². The summed E-state index contributed by atoms with van der Waals surface area (Å²) in [5, 5.41) is 7.62. The van der Waals surface area contributed by atoms with Crippen LogP contribution in [0.2, 0.25) is 5.02 Å². The number of hydrogen-bond acceptors (Lipinski definition) is 5. The molecule has 2 aliphatic carbocycles. The molecule has 0 bridgehead atoms. The number of rotatable bonds is 7. The lowest BCUT2D eigenvalue weighted by Gasteiger charge is -2.17. The van der Waals surface area contributed by atoms with E-state index in [9.17, 15) is 0 Å². The Bertz CT molecular complexity index is 702. The third-order valence-corrected chi connectivity index (χ3v) is 5.36. The van der Waals surface area contributed by atoms with E-state index >= 15 is 0 Å². The Balaban J connectivity index is 1.62. The summed E-state index contributed by atoms with van der Waals surface area (Å²) in [5.74, 6) is 3.42. The van der Waals surface area contributed by atoms with Crippen molar-refractivity contribution in [3.05, 3.63) is 29.3 Å². The number of nitrogens with one attached hydrogen (secondary N) is 2. The van der Waals surface area contributed by atoms with Crippen molar-refractivity contribution in [2.75, 3.05) is 10.6 Å². The Labute approximate surface area is 153 Å². The lowest BCUT2D eigenvalue weighted by Crippen LogP contribution is -2.22. The molecular weight excluding hydrogens is 334 g/mol. The van der Waals surface area contributed by atoms with Crippen LogP contribution in [-0.2, 0) is 0 Å². The molecule has 2 aliphatic rings. The number of anilines is 2. The molecule has 6 heteroatoms. The molecule has 1 aromatic heterocycles. The predicted octanol–water partition coefficient (Wildman–Crippen LogP) is 4.61. The molecule has 2 atom stereocenters. The fourth-order valence-electron chi connectivity index (χ4n) is 3.07. The van der Waals surface area contributed by atoms with Crippen LogP contribution in [0.15, 0.2) is 24.3 Å². The van der Waals surface area contributed by atoms with Crippen LogP contribution < -0.4 is 10.6 Å². The maximum atomic E-state index is 6.01. The van der Waals surface area contributed by atoms with Crippen LogP contribution in [0, 0.1) is 11.8 Å². The van der Waals surface area contributed by atoms with Gasteiger partial charge in [-0.15, -0.1) is 0 Å². The number of hydrogen-bond donors (Lipinski definition) is 2. The second kappa shape index (κ2) is 6.79. The molecular formula is C19H24ClN5. The van der Waals surface area contributed by atoms with Crippen LogP contribution in [0.5, 0.6) is 0 Å². The average molecular weight is 358 g/mol. The molecule has 0 aliphatic heterocycles. The minimum atomic E-state index is 0.383. The maximum absolute atomic E-state index is 6.01. The van der Waals surface area contributed by atoms with E-state index in [1.165, 1.54) is 25.7 Å². The molecule has 0 amide bonds. The van der Waals surface area contributed by atoms with Crippen molar-refractivity contribution in [3.63, 3.8) is 0 Å². The molecule has 0 saturated heterocycles. The standard InChI is InChI=1S/C19H24ClN5/c1-11(13-3-4-13)21-18-23-17(15-7-9-16(20)10-8-15)24-19(25-18)22-12(2)14-5-6-14/h7-14H,3-6H2,1-2H3,(H2,21,22,23,24,25)/t11-,12-/m1/s1. The molecule has 0 spiro atoms. The van der Waals surface area contributed by atoms with Crippen molar-refractivity contribution >= 4 is 23.5 Å². The largest absolute Gasteiger partial charge is 0.351 e. The van der Waals surface area contributed by atoms with Gasteiger partial charge in [-0.25, -0.2) is 0 Å². The second-order valence-electron chi connectivity index (χ2n) is 7.35. The minimum Gasteiger partial charge on any atom is -0.351 e. The van der Waals surface area contributed by atoms with Gasteiger partial charge in [0.25, 0.3) is 0 Å². The van der Waals surface area contributed by atoms with Gasteiger partial charge in [-0.3, -0.25) is 0 Å². The monoisotopic (exact) mass is 357 g/mol. The van der Waals surface area contributed by atoms with Gasteiger partial charge in [0.05, 0.1) is 0 Å². The smallest absolute Gasteiger partial charge is 0.228 e. The summed E-state index contributed by atoms with van der Waals surface area (Å²) in [6.07, 6.45) is 5.14. The lowest BCUT2D eigenvalue weighted by molar-refractivity contribution is 0.676. The zero-order valence-corrected chi connectivity index (χ0v) is 15.4. The van der Waals surface area contributed by atoms with Crippen molar-refractivity contribution in [1.82, 2.24) is 15.0 Å². The van der Waals surface area contributed by atoms with Crippen molar-refractivity contribution in [1.29, 1.82) is 0 Å². The van der Waals surface area contributed by atoms with Crippen LogP contribution in [-0.4, -0.2) is 27.0 Å². The molecule has 0 unspecified atom stereocenters. The second-order valence-corrected chi connectivity index (χ2v) is 7.79. The molecule has 2 saturated carbocycles. The summed E-state index contributed by atoms with van der Waals surface area (Å²) in [6.45, 7) is 4.40. The van der Waals surface area contributed by atoms with Crippen molar-refractivity contribution in [3.8, 4) is 11.4 Å². The summed E-state index contributed by atoms with van der Waals surface area (Å²) in [4.78, 5) is 13.9. The first kappa shape index (κ1) is 16.6. The van der Waals surface area contributed by atoms with E-state index in [2.05, 4.69) is 39.4 Å². The molecule has 2 aromatic rings. The highest BCUT2D eigenvalue weighted by atomic mass is 35.5. The van der Waals surface area contributed by atoms with E-state index in [1.54, 1.807) is 0 Å². The van der Waals surface area contributed by atoms with Crippen LogP contribution in [0.1, 0.15) is 39.5 Å². The zero-order chi connectivity index (χ0) is 17.4. The molecule has 132 valence electrons. The highest BCUT2D eigenvalue weighted by molar-refractivity contribution is 6.30. The first-order valence-corrected chi connectivity index (χ1v) is 9.51. The maximum Gasteiger partial charge on any atom is 0.228 e. The third kappa shape index (κ3) is 4.21. The van der Waals surface area contributed by atoms with Crippen LogP contribution in [0.3, 0.4) is 0 Å². The Kier molecular flexibility index (Phi) is 4.50. The van der Waals surface area contributed by atoms with E-state index < -0.39 is 0 Å². The van der Waals surface area contributed by atoms with Gasteiger partial charge in [0.15, 0.2) is 5.82 Å². The van der Waals surface area contributed by atoms with Gasteiger partial charge in [0.2, 0.25) is 11.9 Å². The number of halogens is 1. The molecule has 1 aromatic carbocycles. The van der Waals surface area contributed by atoms with E-state index in [0.717, 1.165) is 17.4 Å². The molecule has 25 heavy (non-hydrogen) atoms. The topological polar surface area (TPSA) is 62.7 Å². The van der Waals surface area contributed by atoms with E-state index in [-0.39, 0.29) is 0 Å². The van der Waals surface area contributed by atoms with Gasteiger partial charge in [-0.2, -0.15) is 15.0 Å². The summed E-state index contributed by atoms with van der Waals surface area (Å²) >= 11 is 6.01. The van der Waals surface area contributed by atoms with Gasteiger partial charge < -0.3 is 10.6 Å². The first-order valence-electron chi connectivity index (χ1n) is 9.13. The molecule has 0 radical (unpaired) electrons. The molecule has 5 nitrogen and oxygen atoms in total. The summed E-state index contributed by atoms with van der Waals surface area (Å²) in [5.41, 5.74) is 0.941. The molecule has 2 N–H and O–H groups in total. The van der Waals surface area contributed by atoms with E-state index in [0.29, 0.717) is 34.8 Å². The van der Waals surface area contributed by atoms with Crippen molar-refractivity contribution in [2.45, 2.75) is 51.6 Å². The molecule has 4 rings (SSSR count). The third-order valence-electron chi connectivity index (χ3n) is 5.11. The van der Waals surface area contributed by atoms with Gasteiger partial charge in [-0.1, -0.05) is 11.6 Å². The molecule has 1 heterocycles. The lowest BCUT2D eigenvalue weighted by atomic mass is 10.2. The van der Waals surface area contributed by atoms with E-state index in [1.807, 2.05) is 24.3 Å². The predicted molar refractivity (Wildman–Crippen MR) is 102 cm³/mol. The Morgan fingerprint density at radius 1 is 0.840 bits per heavy atom. The Morgan fingerprint density at radius 2 is 1.32 bits per heavy atom. The fraction of sp³-hybridized carbons (Fsp3) is 0.526. The Hall–Kier alpha value is -1.88. The normalized spacial score (nSPS) is 19.3. The summed E-state index contributed by atoms with van der Waals surface area (Å²) < 4.78 is 0. The quantitative estimate of drug-likeness (QED) is 0.757. The Morgan fingerprint density at radius 3 is 1.76 bits per heavy atom. The fourth-order valence-corrected chi connectivity index (χ4v) is 3.19. The molecule has 2 fully saturated rings.